The van der Waals surface area contributed by atoms with E-state index >= 15 is 0 Å². The number of halogens is 2. The van der Waals surface area contributed by atoms with E-state index in [1.165, 1.54) is 0 Å². The van der Waals surface area contributed by atoms with E-state index in [-0.39, 0.29) is 12.2 Å². The monoisotopic (exact) mass is 424 g/mol. The predicted molar refractivity (Wildman–Crippen MR) is 105 cm³/mol. The summed E-state index contributed by atoms with van der Waals surface area (Å²) < 4.78 is 59.0. The van der Waals surface area contributed by atoms with Crippen LogP contribution >= 0.6 is 0 Å². The van der Waals surface area contributed by atoms with Gasteiger partial charge in [0.15, 0.2) is 15.7 Å². The molecule has 1 aromatic carbocycles. The molecule has 0 radical (unpaired) electrons. The van der Waals surface area contributed by atoms with Crippen molar-refractivity contribution in [2.45, 2.75) is 31.2 Å². The molecule has 0 aliphatic rings. The van der Waals surface area contributed by atoms with Crippen molar-refractivity contribution in [1.29, 1.82) is 0 Å². The number of anilines is 1. The highest BCUT2D eigenvalue weighted by Crippen LogP contribution is 2.25. The zero-order valence-electron chi connectivity index (χ0n) is 16.2. The lowest BCUT2D eigenvalue weighted by atomic mass is 10.2. The number of aryl methyl sites for hydroxylation is 2. The number of ether oxygens (including phenoxy) is 1. The molecule has 0 aliphatic carbocycles. The second-order valence-corrected chi connectivity index (χ2v) is 8.77. The fraction of sp³-hybridized carbons (Fsp3) is 0.368. The Hall–Kier alpha value is -2.59. The minimum atomic E-state index is -3.90. The van der Waals surface area contributed by atoms with Crippen LogP contribution < -0.4 is 5.73 Å². The predicted octanol–water partition coefficient (Wildman–Crippen LogP) is 2.65. The Kier molecular flexibility index (Phi) is 6.13. The fourth-order valence-electron chi connectivity index (χ4n) is 3.24. The number of methoxy groups -OCH3 is 1. The highest BCUT2D eigenvalue weighted by atomic mass is 32.2. The van der Waals surface area contributed by atoms with Crippen molar-refractivity contribution in [2.75, 3.05) is 25.2 Å². The zero-order chi connectivity index (χ0) is 21.2. The van der Waals surface area contributed by atoms with Crippen molar-refractivity contribution in [1.82, 2.24) is 14.5 Å². The summed E-state index contributed by atoms with van der Waals surface area (Å²) in [6, 6.07) is 2.45. The molecule has 3 aromatic rings. The molecule has 29 heavy (non-hydrogen) atoms. The molecule has 0 saturated heterocycles. The smallest absolute Gasteiger partial charge is 0.181 e. The van der Waals surface area contributed by atoms with Gasteiger partial charge in [0.1, 0.15) is 27.9 Å². The van der Waals surface area contributed by atoms with Crippen LogP contribution in [0.25, 0.3) is 11.0 Å². The molecule has 0 atom stereocenters. The first-order valence-electron chi connectivity index (χ1n) is 9.01. The second kappa shape index (κ2) is 8.42. The highest BCUT2D eigenvalue weighted by molar-refractivity contribution is 7.91. The number of nitrogens with zero attached hydrogens (tertiary/aromatic N) is 3. The summed E-state index contributed by atoms with van der Waals surface area (Å²) in [6.07, 6.45) is 2.37. The van der Waals surface area contributed by atoms with Gasteiger partial charge in [-0.25, -0.2) is 27.2 Å². The summed E-state index contributed by atoms with van der Waals surface area (Å²) in [5.41, 5.74) is 8.16. The standard InChI is InChI=1S/C19H22F2N4O3S/c1-12-11-23-19(22)17-18(12)25(16(24-17)6-8-28-2)7-3-9-29(26,27)15-5-4-13(20)10-14(15)21/h4-5,10-11H,3,6-9H2,1-2H3,(H2,22,23). The maximum atomic E-state index is 13.9. The van der Waals surface area contributed by atoms with Crippen LogP contribution in [0.3, 0.4) is 0 Å². The van der Waals surface area contributed by atoms with Crippen LogP contribution in [0, 0.1) is 18.6 Å². The number of hydrogen-bond donors (Lipinski definition) is 1. The van der Waals surface area contributed by atoms with E-state index in [1.807, 2.05) is 11.5 Å². The van der Waals surface area contributed by atoms with Gasteiger partial charge in [0.2, 0.25) is 0 Å². The number of imidazole rings is 1. The van der Waals surface area contributed by atoms with Gasteiger partial charge >= 0.3 is 0 Å². The maximum Gasteiger partial charge on any atom is 0.181 e. The van der Waals surface area contributed by atoms with E-state index in [0.29, 0.717) is 42.8 Å². The van der Waals surface area contributed by atoms with Gasteiger partial charge in [-0.05, 0) is 31.0 Å². The van der Waals surface area contributed by atoms with Gasteiger partial charge in [0, 0.05) is 32.3 Å². The lowest BCUT2D eigenvalue weighted by Gasteiger charge is -2.11. The molecule has 0 spiro atoms. The Morgan fingerprint density at radius 2 is 2.03 bits per heavy atom. The van der Waals surface area contributed by atoms with Crippen molar-refractivity contribution in [3.63, 3.8) is 0 Å². The number of fused-ring (bicyclic) bond motifs is 1. The van der Waals surface area contributed by atoms with Crippen molar-refractivity contribution < 1.29 is 21.9 Å². The Labute approximate surface area is 167 Å². The van der Waals surface area contributed by atoms with Crippen LogP contribution in [0.15, 0.2) is 29.3 Å². The second-order valence-electron chi connectivity index (χ2n) is 6.69. The molecule has 10 heteroatoms. The molecule has 2 N–H and O–H groups in total. The minimum Gasteiger partial charge on any atom is -0.384 e. The van der Waals surface area contributed by atoms with Crippen molar-refractivity contribution in [3.8, 4) is 0 Å². The molecule has 0 saturated carbocycles. The molecule has 156 valence electrons. The molecule has 7 nitrogen and oxygen atoms in total. The third kappa shape index (κ3) is 4.38. The average Bonchev–Trinajstić information content (AvgIpc) is 3.02. The van der Waals surface area contributed by atoms with Crippen LogP contribution in [-0.4, -0.2) is 42.4 Å². The lowest BCUT2D eigenvalue weighted by molar-refractivity contribution is 0.199. The summed E-state index contributed by atoms with van der Waals surface area (Å²) in [5.74, 6) is -1.21. The summed E-state index contributed by atoms with van der Waals surface area (Å²) >= 11 is 0. The fourth-order valence-corrected chi connectivity index (χ4v) is 4.60. The van der Waals surface area contributed by atoms with Gasteiger partial charge in [0.05, 0.1) is 17.9 Å². The molecule has 0 fully saturated rings. The van der Waals surface area contributed by atoms with Crippen molar-refractivity contribution in [2.24, 2.45) is 0 Å². The Morgan fingerprint density at radius 1 is 1.28 bits per heavy atom. The van der Waals surface area contributed by atoms with Crippen LogP contribution in [0.2, 0.25) is 0 Å². The van der Waals surface area contributed by atoms with E-state index in [0.717, 1.165) is 23.2 Å². The molecule has 3 rings (SSSR count). The number of hydrogen-bond acceptors (Lipinski definition) is 6. The summed E-state index contributed by atoms with van der Waals surface area (Å²) in [4.78, 5) is 8.17. The van der Waals surface area contributed by atoms with Crippen LogP contribution in [0.4, 0.5) is 14.6 Å². The topological polar surface area (TPSA) is 100 Å². The Morgan fingerprint density at radius 3 is 2.72 bits per heavy atom. The summed E-state index contributed by atoms with van der Waals surface area (Å²) in [7, 11) is -2.32. The number of sulfone groups is 1. The third-order valence-electron chi connectivity index (χ3n) is 4.61. The van der Waals surface area contributed by atoms with Crippen molar-refractivity contribution >= 4 is 26.7 Å². The molecule has 2 aromatic heterocycles. The molecule has 0 aliphatic heterocycles. The first kappa shape index (κ1) is 21.1. The minimum absolute atomic E-state index is 0.215. The third-order valence-corrected chi connectivity index (χ3v) is 6.44. The molecular formula is C19H22F2N4O3S. The Balaban J connectivity index is 1.87. The molecular weight excluding hydrogens is 402 g/mol. The SMILES string of the molecule is COCCc1nc2c(N)ncc(C)c2n1CCCS(=O)(=O)c1ccc(F)cc1F. The number of rotatable bonds is 8. The lowest BCUT2D eigenvalue weighted by Crippen LogP contribution is -2.14. The number of aromatic nitrogens is 3. The number of nitrogen functional groups attached to an aromatic ring is 1. The number of nitrogens with two attached hydrogens (primary N) is 1. The van der Waals surface area contributed by atoms with Crippen molar-refractivity contribution in [3.05, 3.63) is 47.4 Å². The zero-order valence-corrected chi connectivity index (χ0v) is 17.0. The Bertz CT molecular complexity index is 1150. The normalized spacial score (nSPS) is 12.0. The largest absolute Gasteiger partial charge is 0.384 e. The number of pyridine rings is 1. The van der Waals surface area contributed by atoms with E-state index in [1.54, 1.807) is 13.3 Å². The molecule has 0 unspecified atom stereocenters. The van der Waals surface area contributed by atoms with Crippen LogP contribution in [0.1, 0.15) is 17.8 Å². The van der Waals surface area contributed by atoms with Gasteiger partial charge in [-0.1, -0.05) is 0 Å². The van der Waals surface area contributed by atoms with Gasteiger partial charge in [-0.3, -0.25) is 0 Å². The van der Waals surface area contributed by atoms with Gasteiger partial charge in [-0.15, -0.1) is 0 Å². The summed E-state index contributed by atoms with van der Waals surface area (Å²) in [5, 5.41) is 0. The van der Waals surface area contributed by atoms with Gasteiger partial charge in [0.25, 0.3) is 0 Å². The first-order chi connectivity index (χ1) is 13.7. The van der Waals surface area contributed by atoms with E-state index in [9.17, 15) is 17.2 Å². The highest BCUT2D eigenvalue weighted by Gasteiger charge is 2.21. The van der Waals surface area contributed by atoms with E-state index in [2.05, 4.69) is 9.97 Å². The van der Waals surface area contributed by atoms with Crippen LogP contribution in [-0.2, 0) is 27.5 Å². The quantitative estimate of drug-likeness (QED) is 0.558. The average molecular weight is 424 g/mol. The molecule has 2 heterocycles. The number of benzene rings is 1. The maximum absolute atomic E-state index is 13.9. The summed E-state index contributed by atoms with van der Waals surface area (Å²) in [6.45, 7) is 2.65. The first-order valence-corrected chi connectivity index (χ1v) is 10.7. The van der Waals surface area contributed by atoms with Crippen LogP contribution in [0.5, 0.6) is 0 Å². The van der Waals surface area contributed by atoms with Gasteiger partial charge < -0.3 is 15.0 Å². The van der Waals surface area contributed by atoms with E-state index < -0.39 is 26.4 Å². The molecule has 0 bridgehead atoms. The molecule has 0 amide bonds. The van der Waals surface area contributed by atoms with Gasteiger partial charge in [-0.2, -0.15) is 0 Å². The van der Waals surface area contributed by atoms with E-state index in [4.69, 9.17) is 10.5 Å².